The SMILES string of the molecule is CCc1nc(C)cn1CN1CCNC1=O. The van der Waals surface area contributed by atoms with Gasteiger partial charge in [0.2, 0.25) is 0 Å². The van der Waals surface area contributed by atoms with Crippen molar-refractivity contribution in [1.82, 2.24) is 19.8 Å². The molecule has 1 aromatic rings. The Morgan fingerprint density at radius 1 is 1.60 bits per heavy atom. The molecule has 1 saturated heterocycles. The number of nitrogens with one attached hydrogen (secondary N) is 1. The second-order valence-electron chi connectivity index (χ2n) is 3.76. The first kappa shape index (κ1) is 10.0. The van der Waals surface area contributed by atoms with Crippen molar-refractivity contribution >= 4 is 6.03 Å². The Morgan fingerprint density at radius 2 is 2.40 bits per heavy atom. The molecule has 1 aliphatic heterocycles. The molecular formula is C10H16N4O. The molecule has 0 aromatic carbocycles. The predicted octanol–water partition coefficient (Wildman–Crippen LogP) is 0.737. The van der Waals surface area contributed by atoms with Crippen molar-refractivity contribution < 1.29 is 4.79 Å². The Bertz CT molecular complexity index is 371. The Hall–Kier alpha value is -1.52. The van der Waals surface area contributed by atoms with E-state index in [1.807, 2.05) is 17.7 Å². The summed E-state index contributed by atoms with van der Waals surface area (Å²) in [7, 11) is 0. The van der Waals surface area contributed by atoms with Crippen LogP contribution < -0.4 is 5.32 Å². The van der Waals surface area contributed by atoms with Crippen LogP contribution >= 0.6 is 0 Å². The lowest BCUT2D eigenvalue weighted by atomic mass is 10.4. The van der Waals surface area contributed by atoms with Gasteiger partial charge in [0.25, 0.3) is 0 Å². The van der Waals surface area contributed by atoms with Gasteiger partial charge in [0, 0.05) is 25.7 Å². The molecule has 1 aliphatic rings. The molecule has 0 radical (unpaired) electrons. The molecule has 1 fully saturated rings. The summed E-state index contributed by atoms with van der Waals surface area (Å²) in [4.78, 5) is 17.6. The third-order valence-corrected chi connectivity index (χ3v) is 2.56. The van der Waals surface area contributed by atoms with Gasteiger partial charge in [-0.25, -0.2) is 9.78 Å². The average Bonchev–Trinajstić information content (AvgIpc) is 2.75. The Morgan fingerprint density at radius 3 is 3.00 bits per heavy atom. The van der Waals surface area contributed by atoms with Crippen molar-refractivity contribution in [2.45, 2.75) is 26.9 Å². The third-order valence-electron chi connectivity index (χ3n) is 2.56. The van der Waals surface area contributed by atoms with Crippen LogP contribution in [0.25, 0.3) is 0 Å². The Kier molecular flexibility index (Phi) is 2.62. The number of carbonyl (C=O) groups excluding carboxylic acids is 1. The minimum Gasteiger partial charge on any atom is -0.336 e. The van der Waals surface area contributed by atoms with Gasteiger partial charge in [0.15, 0.2) is 0 Å². The highest BCUT2D eigenvalue weighted by atomic mass is 16.2. The molecule has 0 atom stereocenters. The quantitative estimate of drug-likeness (QED) is 0.796. The zero-order chi connectivity index (χ0) is 10.8. The third kappa shape index (κ3) is 1.95. The van der Waals surface area contributed by atoms with Crippen molar-refractivity contribution in [3.05, 3.63) is 17.7 Å². The zero-order valence-electron chi connectivity index (χ0n) is 9.16. The molecule has 1 N–H and O–H groups in total. The predicted molar refractivity (Wildman–Crippen MR) is 56.4 cm³/mol. The normalized spacial score (nSPS) is 15.9. The van der Waals surface area contributed by atoms with Gasteiger partial charge in [-0.15, -0.1) is 0 Å². The summed E-state index contributed by atoms with van der Waals surface area (Å²) in [6.45, 7) is 6.17. The van der Waals surface area contributed by atoms with E-state index in [1.54, 1.807) is 4.90 Å². The van der Waals surface area contributed by atoms with E-state index in [0.29, 0.717) is 6.67 Å². The van der Waals surface area contributed by atoms with E-state index in [0.717, 1.165) is 31.0 Å². The number of hydrogen-bond acceptors (Lipinski definition) is 2. The molecule has 5 nitrogen and oxygen atoms in total. The largest absolute Gasteiger partial charge is 0.336 e. The molecule has 0 unspecified atom stereocenters. The van der Waals surface area contributed by atoms with E-state index in [9.17, 15) is 4.79 Å². The van der Waals surface area contributed by atoms with Gasteiger partial charge in [0.1, 0.15) is 12.5 Å². The fourth-order valence-electron chi connectivity index (χ4n) is 1.83. The molecule has 0 bridgehead atoms. The number of imidazole rings is 1. The first-order chi connectivity index (χ1) is 7.20. The summed E-state index contributed by atoms with van der Waals surface area (Å²) in [6, 6.07) is 0.0170. The summed E-state index contributed by atoms with van der Waals surface area (Å²) in [5.74, 6) is 1.03. The smallest absolute Gasteiger partial charge is 0.318 e. The van der Waals surface area contributed by atoms with Gasteiger partial charge in [-0.05, 0) is 6.92 Å². The number of amides is 2. The molecule has 15 heavy (non-hydrogen) atoms. The first-order valence-electron chi connectivity index (χ1n) is 5.26. The first-order valence-corrected chi connectivity index (χ1v) is 5.26. The van der Waals surface area contributed by atoms with Crippen LogP contribution in [0.4, 0.5) is 4.79 Å². The molecule has 2 heterocycles. The van der Waals surface area contributed by atoms with E-state index in [4.69, 9.17) is 0 Å². The Balaban J connectivity index is 2.12. The molecular weight excluding hydrogens is 192 g/mol. The lowest BCUT2D eigenvalue weighted by Crippen LogP contribution is -2.30. The molecule has 0 spiro atoms. The number of carbonyl (C=O) groups is 1. The van der Waals surface area contributed by atoms with Crippen LogP contribution in [-0.2, 0) is 13.1 Å². The van der Waals surface area contributed by atoms with Gasteiger partial charge in [0.05, 0.1) is 5.69 Å². The number of hydrogen-bond donors (Lipinski definition) is 1. The van der Waals surface area contributed by atoms with Crippen molar-refractivity contribution in [2.24, 2.45) is 0 Å². The van der Waals surface area contributed by atoms with Crippen LogP contribution in [0.2, 0.25) is 0 Å². The highest BCUT2D eigenvalue weighted by molar-refractivity contribution is 5.75. The van der Waals surface area contributed by atoms with Crippen molar-refractivity contribution in [3.8, 4) is 0 Å². The highest BCUT2D eigenvalue weighted by Crippen LogP contribution is 2.07. The van der Waals surface area contributed by atoms with E-state index in [1.165, 1.54) is 0 Å². The van der Waals surface area contributed by atoms with E-state index in [2.05, 4.69) is 17.2 Å². The van der Waals surface area contributed by atoms with Crippen LogP contribution in [0.3, 0.4) is 0 Å². The topological polar surface area (TPSA) is 50.2 Å². The summed E-state index contributed by atoms with van der Waals surface area (Å²) in [6.07, 6.45) is 2.88. The lowest BCUT2D eigenvalue weighted by molar-refractivity contribution is 0.204. The van der Waals surface area contributed by atoms with Crippen molar-refractivity contribution in [3.63, 3.8) is 0 Å². The van der Waals surface area contributed by atoms with Crippen LogP contribution in [-0.4, -0.2) is 33.6 Å². The summed E-state index contributed by atoms with van der Waals surface area (Å²) in [5, 5.41) is 2.79. The number of aryl methyl sites for hydroxylation is 2. The lowest BCUT2D eigenvalue weighted by Gasteiger charge is -2.16. The average molecular weight is 208 g/mol. The van der Waals surface area contributed by atoms with Gasteiger partial charge in [-0.2, -0.15) is 0 Å². The second kappa shape index (κ2) is 3.92. The number of nitrogens with zero attached hydrogens (tertiary/aromatic N) is 3. The van der Waals surface area contributed by atoms with Gasteiger partial charge in [-0.1, -0.05) is 6.92 Å². The van der Waals surface area contributed by atoms with Crippen LogP contribution in [0.5, 0.6) is 0 Å². The molecule has 82 valence electrons. The highest BCUT2D eigenvalue weighted by Gasteiger charge is 2.20. The number of urea groups is 1. The number of aromatic nitrogens is 2. The molecule has 2 amide bonds. The molecule has 0 saturated carbocycles. The molecule has 2 rings (SSSR count). The van der Waals surface area contributed by atoms with Gasteiger partial charge < -0.3 is 14.8 Å². The minimum atomic E-state index is 0.0170. The zero-order valence-corrected chi connectivity index (χ0v) is 9.16. The van der Waals surface area contributed by atoms with E-state index < -0.39 is 0 Å². The maximum atomic E-state index is 11.4. The van der Waals surface area contributed by atoms with Crippen LogP contribution in [0.15, 0.2) is 6.20 Å². The molecule has 1 aromatic heterocycles. The van der Waals surface area contributed by atoms with Crippen molar-refractivity contribution in [2.75, 3.05) is 13.1 Å². The maximum absolute atomic E-state index is 11.4. The molecule has 5 heteroatoms. The standard InChI is InChI=1S/C10H16N4O/c1-3-9-12-8(2)6-14(9)7-13-5-4-11-10(13)15/h6H,3-5,7H2,1-2H3,(H,11,15). The van der Waals surface area contributed by atoms with E-state index in [-0.39, 0.29) is 6.03 Å². The second-order valence-corrected chi connectivity index (χ2v) is 3.76. The molecule has 0 aliphatic carbocycles. The summed E-state index contributed by atoms with van der Waals surface area (Å²) >= 11 is 0. The van der Waals surface area contributed by atoms with Gasteiger partial charge in [-0.3, -0.25) is 0 Å². The monoisotopic (exact) mass is 208 g/mol. The number of rotatable bonds is 3. The summed E-state index contributed by atoms with van der Waals surface area (Å²) < 4.78 is 2.04. The maximum Gasteiger partial charge on any atom is 0.318 e. The minimum absolute atomic E-state index is 0.0170. The Labute approximate surface area is 89.1 Å². The van der Waals surface area contributed by atoms with Crippen molar-refractivity contribution in [1.29, 1.82) is 0 Å². The van der Waals surface area contributed by atoms with Crippen LogP contribution in [0.1, 0.15) is 18.4 Å². The van der Waals surface area contributed by atoms with E-state index >= 15 is 0 Å². The fourth-order valence-corrected chi connectivity index (χ4v) is 1.83. The van der Waals surface area contributed by atoms with Gasteiger partial charge >= 0.3 is 6.03 Å². The van der Waals surface area contributed by atoms with Crippen LogP contribution in [0, 0.1) is 6.92 Å². The fraction of sp³-hybridized carbons (Fsp3) is 0.600. The summed E-state index contributed by atoms with van der Waals surface area (Å²) in [5.41, 5.74) is 1.01.